The number of nitrogens with one attached hydrogen (secondary N) is 1. The molecule has 1 saturated heterocycles. The van der Waals surface area contributed by atoms with Gasteiger partial charge in [-0.05, 0) is 51.4 Å². The van der Waals surface area contributed by atoms with Gasteiger partial charge in [0.15, 0.2) is 0 Å². The van der Waals surface area contributed by atoms with Crippen molar-refractivity contribution in [3.05, 3.63) is 35.4 Å². The number of likely N-dealkylation sites (tertiary alicyclic amines) is 1. The fraction of sp³-hybridized carbons (Fsp3) is 0.647. The highest BCUT2D eigenvalue weighted by Gasteiger charge is 2.20. The van der Waals surface area contributed by atoms with Gasteiger partial charge in [-0.2, -0.15) is 0 Å². The molecule has 1 aromatic rings. The molecular formula is C17H28N2. The van der Waals surface area contributed by atoms with Crippen LogP contribution in [0.5, 0.6) is 0 Å². The van der Waals surface area contributed by atoms with Gasteiger partial charge in [0.25, 0.3) is 0 Å². The molecule has 1 N–H and O–H groups in total. The van der Waals surface area contributed by atoms with E-state index in [0.717, 1.165) is 12.5 Å². The van der Waals surface area contributed by atoms with E-state index >= 15 is 0 Å². The first kappa shape index (κ1) is 14.5. The lowest BCUT2D eigenvalue weighted by molar-refractivity contribution is 0.168. The Labute approximate surface area is 118 Å². The van der Waals surface area contributed by atoms with Crippen molar-refractivity contribution < 1.29 is 0 Å². The SMILES string of the molecule is CCC1CCN(CC(NC)c2ccc(C)cc2)CC1. The smallest absolute Gasteiger partial charge is 0.0446 e. The third kappa shape index (κ3) is 4.05. The minimum Gasteiger partial charge on any atom is -0.312 e. The molecule has 1 fully saturated rings. The van der Waals surface area contributed by atoms with Crippen molar-refractivity contribution in [2.45, 2.75) is 39.2 Å². The number of hydrogen-bond acceptors (Lipinski definition) is 2. The predicted octanol–water partition coefficient (Wildman–Crippen LogP) is 3.38. The van der Waals surface area contributed by atoms with Crippen LogP contribution in [0.3, 0.4) is 0 Å². The van der Waals surface area contributed by atoms with Gasteiger partial charge in [0.1, 0.15) is 0 Å². The van der Waals surface area contributed by atoms with Gasteiger partial charge in [-0.25, -0.2) is 0 Å². The fourth-order valence-electron chi connectivity index (χ4n) is 3.00. The van der Waals surface area contributed by atoms with Crippen molar-refractivity contribution in [1.29, 1.82) is 0 Å². The molecular weight excluding hydrogens is 232 g/mol. The van der Waals surface area contributed by atoms with E-state index in [2.05, 4.69) is 55.4 Å². The number of likely N-dealkylation sites (N-methyl/N-ethyl adjacent to an activating group) is 1. The monoisotopic (exact) mass is 260 g/mol. The second-order valence-electron chi connectivity index (χ2n) is 5.90. The largest absolute Gasteiger partial charge is 0.312 e. The summed E-state index contributed by atoms with van der Waals surface area (Å²) in [6.45, 7) is 8.14. The van der Waals surface area contributed by atoms with Gasteiger partial charge < -0.3 is 10.2 Å². The molecule has 0 bridgehead atoms. The van der Waals surface area contributed by atoms with Crippen LogP contribution in [-0.2, 0) is 0 Å². The molecule has 1 atom stereocenters. The summed E-state index contributed by atoms with van der Waals surface area (Å²) < 4.78 is 0. The minimum atomic E-state index is 0.457. The molecule has 0 aliphatic carbocycles. The summed E-state index contributed by atoms with van der Waals surface area (Å²) in [7, 11) is 2.07. The van der Waals surface area contributed by atoms with Gasteiger partial charge in [0.2, 0.25) is 0 Å². The third-order valence-electron chi connectivity index (χ3n) is 4.55. The molecule has 1 aliphatic heterocycles. The van der Waals surface area contributed by atoms with Gasteiger partial charge in [-0.15, -0.1) is 0 Å². The van der Waals surface area contributed by atoms with Crippen LogP contribution in [0.1, 0.15) is 43.4 Å². The number of hydrogen-bond donors (Lipinski definition) is 1. The second-order valence-corrected chi connectivity index (χ2v) is 5.90. The standard InChI is InChI=1S/C17H28N2/c1-4-15-9-11-19(12-10-15)13-17(18-3)16-7-5-14(2)6-8-16/h5-8,15,17-18H,4,9-13H2,1-3H3. The lowest BCUT2D eigenvalue weighted by Gasteiger charge is -2.34. The Hall–Kier alpha value is -0.860. The minimum absolute atomic E-state index is 0.457. The number of rotatable bonds is 5. The van der Waals surface area contributed by atoms with E-state index < -0.39 is 0 Å². The first-order chi connectivity index (χ1) is 9.22. The molecule has 1 heterocycles. The summed E-state index contributed by atoms with van der Waals surface area (Å²) in [5.41, 5.74) is 2.74. The van der Waals surface area contributed by atoms with Gasteiger partial charge in [0, 0.05) is 12.6 Å². The summed E-state index contributed by atoms with van der Waals surface area (Å²) in [4.78, 5) is 2.62. The lowest BCUT2D eigenvalue weighted by atomic mass is 9.94. The van der Waals surface area contributed by atoms with Crippen molar-refractivity contribution in [2.75, 3.05) is 26.7 Å². The summed E-state index contributed by atoms with van der Waals surface area (Å²) in [6.07, 6.45) is 4.10. The molecule has 1 aromatic carbocycles. The number of aryl methyl sites for hydroxylation is 1. The van der Waals surface area contributed by atoms with Crippen molar-refractivity contribution in [3.8, 4) is 0 Å². The van der Waals surface area contributed by atoms with Crippen LogP contribution in [0.4, 0.5) is 0 Å². The topological polar surface area (TPSA) is 15.3 Å². The number of benzene rings is 1. The maximum Gasteiger partial charge on any atom is 0.0446 e. The number of nitrogens with zero attached hydrogens (tertiary/aromatic N) is 1. The van der Waals surface area contributed by atoms with E-state index in [4.69, 9.17) is 0 Å². The van der Waals surface area contributed by atoms with Crippen molar-refractivity contribution in [3.63, 3.8) is 0 Å². The van der Waals surface area contributed by atoms with Crippen LogP contribution in [0, 0.1) is 12.8 Å². The van der Waals surface area contributed by atoms with Gasteiger partial charge in [-0.1, -0.05) is 43.2 Å². The molecule has 0 saturated carbocycles. The summed E-state index contributed by atoms with van der Waals surface area (Å²) in [5.74, 6) is 0.962. The molecule has 2 nitrogen and oxygen atoms in total. The molecule has 1 aliphatic rings. The average Bonchev–Trinajstić information content (AvgIpc) is 2.46. The highest BCUT2D eigenvalue weighted by atomic mass is 15.1. The zero-order chi connectivity index (χ0) is 13.7. The van der Waals surface area contributed by atoms with E-state index in [1.54, 1.807) is 0 Å². The number of piperidine rings is 1. The Kier molecular flexibility index (Phi) is 5.41. The Morgan fingerprint density at radius 3 is 2.37 bits per heavy atom. The Morgan fingerprint density at radius 2 is 1.84 bits per heavy atom. The van der Waals surface area contributed by atoms with E-state index in [1.165, 1.54) is 43.5 Å². The molecule has 2 rings (SSSR count). The van der Waals surface area contributed by atoms with Crippen molar-refractivity contribution in [2.24, 2.45) is 5.92 Å². The summed E-state index contributed by atoms with van der Waals surface area (Å²) in [6, 6.07) is 9.40. The quantitative estimate of drug-likeness (QED) is 0.873. The van der Waals surface area contributed by atoms with Crippen molar-refractivity contribution >= 4 is 0 Å². The van der Waals surface area contributed by atoms with E-state index in [0.29, 0.717) is 6.04 Å². The van der Waals surface area contributed by atoms with Gasteiger partial charge in [0.05, 0.1) is 0 Å². The molecule has 0 amide bonds. The Balaban J connectivity index is 1.91. The van der Waals surface area contributed by atoms with Crippen LogP contribution in [0.15, 0.2) is 24.3 Å². The Bertz CT molecular complexity index is 363. The van der Waals surface area contributed by atoms with E-state index in [-0.39, 0.29) is 0 Å². The van der Waals surface area contributed by atoms with Crippen LogP contribution in [-0.4, -0.2) is 31.6 Å². The molecule has 0 aromatic heterocycles. The van der Waals surface area contributed by atoms with Crippen LogP contribution < -0.4 is 5.32 Å². The first-order valence-electron chi connectivity index (χ1n) is 7.69. The lowest BCUT2D eigenvalue weighted by Crippen LogP contribution is -2.39. The van der Waals surface area contributed by atoms with E-state index in [9.17, 15) is 0 Å². The van der Waals surface area contributed by atoms with Crippen LogP contribution in [0.2, 0.25) is 0 Å². The molecule has 0 radical (unpaired) electrons. The second kappa shape index (κ2) is 7.06. The molecule has 2 heteroatoms. The molecule has 106 valence electrons. The van der Waals surface area contributed by atoms with Crippen LogP contribution >= 0.6 is 0 Å². The van der Waals surface area contributed by atoms with E-state index in [1.807, 2.05) is 0 Å². The van der Waals surface area contributed by atoms with Gasteiger partial charge in [-0.3, -0.25) is 0 Å². The van der Waals surface area contributed by atoms with Gasteiger partial charge >= 0.3 is 0 Å². The zero-order valence-electron chi connectivity index (χ0n) is 12.7. The summed E-state index contributed by atoms with van der Waals surface area (Å²) in [5, 5.41) is 3.47. The maximum absolute atomic E-state index is 3.47. The maximum atomic E-state index is 3.47. The van der Waals surface area contributed by atoms with Crippen LogP contribution in [0.25, 0.3) is 0 Å². The highest BCUT2D eigenvalue weighted by Crippen LogP contribution is 2.22. The first-order valence-corrected chi connectivity index (χ1v) is 7.69. The predicted molar refractivity (Wildman–Crippen MR) is 82.4 cm³/mol. The highest BCUT2D eigenvalue weighted by molar-refractivity contribution is 5.24. The fourth-order valence-corrected chi connectivity index (χ4v) is 3.00. The molecule has 0 spiro atoms. The molecule has 19 heavy (non-hydrogen) atoms. The molecule has 1 unspecified atom stereocenters. The third-order valence-corrected chi connectivity index (χ3v) is 4.55. The zero-order valence-corrected chi connectivity index (χ0v) is 12.7. The Morgan fingerprint density at radius 1 is 1.21 bits per heavy atom. The van der Waals surface area contributed by atoms with Crippen molar-refractivity contribution in [1.82, 2.24) is 10.2 Å². The summed E-state index contributed by atoms with van der Waals surface area (Å²) >= 11 is 0. The average molecular weight is 260 g/mol. The normalized spacial score (nSPS) is 19.5.